The molecule has 4 nitrogen and oxygen atoms in total. The van der Waals surface area contributed by atoms with Crippen LogP contribution in [0.3, 0.4) is 0 Å². The Morgan fingerprint density at radius 2 is 1.25 bits per heavy atom. The first-order valence-corrected chi connectivity index (χ1v) is 18.5. The second kappa shape index (κ2) is 10.2. The Bertz CT molecular complexity index is 1290. The molecule has 0 aromatic heterocycles. The van der Waals surface area contributed by atoms with Gasteiger partial charge in [-0.2, -0.15) is 0 Å². The van der Waals surface area contributed by atoms with Gasteiger partial charge in [0.2, 0.25) is 0 Å². The van der Waals surface area contributed by atoms with Crippen LogP contribution in [0, 0.1) is 75.4 Å². The van der Waals surface area contributed by atoms with E-state index in [1.54, 1.807) is 22.3 Å². The largest absolute Gasteiger partial charge is 0.481 e. The third kappa shape index (κ3) is 3.93. The molecule has 244 valence electrons. The van der Waals surface area contributed by atoms with E-state index in [0.717, 1.165) is 45.0 Å². The SMILES string of the molecule is CC(C)C1=C2C3=C(C(C)C)CCC4C3C(CC3C(C)(C(=O)O)CCCC43C)C3CC4C(C)(OC=O)CCCC4(C)C(CC1)C23. The number of ether oxygens (including phenoxy) is 1. The van der Waals surface area contributed by atoms with Crippen LogP contribution in [-0.2, 0) is 14.3 Å². The molecule has 5 saturated carbocycles. The van der Waals surface area contributed by atoms with Gasteiger partial charge in [0, 0.05) is 5.92 Å². The number of carboxylic acids is 1. The number of carbonyl (C=O) groups is 2. The van der Waals surface area contributed by atoms with E-state index in [2.05, 4.69) is 55.4 Å². The first-order chi connectivity index (χ1) is 20.7. The Hall–Kier alpha value is -1.58. The maximum Gasteiger partial charge on any atom is 0.309 e. The van der Waals surface area contributed by atoms with Gasteiger partial charge in [-0.1, -0.05) is 59.1 Å². The van der Waals surface area contributed by atoms with Gasteiger partial charge >= 0.3 is 5.97 Å². The van der Waals surface area contributed by atoms with Gasteiger partial charge in [-0.25, -0.2) is 0 Å². The van der Waals surface area contributed by atoms with Crippen molar-refractivity contribution in [1.29, 1.82) is 0 Å². The summed E-state index contributed by atoms with van der Waals surface area (Å²) >= 11 is 0. The van der Waals surface area contributed by atoms with E-state index in [1.165, 1.54) is 38.5 Å². The van der Waals surface area contributed by atoms with Crippen molar-refractivity contribution in [2.45, 2.75) is 138 Å². The Balaban J connectivity index is 1.47. The summed E-state index contributed by atoms with van der Waals surface area (Å²) in [6.07, 6.45) is 13.4. The van der Waals surface area contributed by atoms with E-state index in [9.17, 15) is 14.7 Å². The molecule has 12 unspecified atom stereocenters. The zero-order chi connectivity index (χ0) is 31.6. The Kier molecular flexibility index (Phi) is 7.20. The van der Waals surface area contributed by atoms with Crippen LogP contribution in [0.15, 0.2) is 22.3 Å². The average Bonchev–Trinajstić information content (AvgIpc) is 2.96. The van der Waals surface area contributed by atoms with Crippen LogP contribution in [0.4, 0.5) is 0 Å². The lowest BCUT2D eigenvalue weighted by Crippen LogP contribution is -2.65. The molecule has 0 aromatic rings. The fourth-order valence-electron chi connectivity index (χ4n) is 14.4. The molecule has 0 radical (unpaired) electrons. The summed E-state index contributed by atoms with van der Waals surface area (Å²) in [5.41, 5.74) is 6.27. The van der Waals surface area contributed by atoms with E-state index in [0.29, 0.717) is 53.3 Å². The zero-order valence-corrected chi connectivity index (χ0v) is 29.0. The average molecular weight is 605 g/mol. The molecule has 12 atom stereocenters. The van der Waals surface area contributed by atoms with Crippen LogP contribution >= 0.6 is 0 Å². The van der Waals surface area contributed by atoms with Crippen LogP contribution in [0.5, 0.6) is 0 Å². The van der Waals surface area contributed by atoms with E-state index in [4.69, 9.17) is 4.74 Å². The summed E-state index contributed by atoms with van der Waals surface area (Å²) in [4.78, 5) is 25.1. The molecule has 1 N–H and O–H groups in total. The Labute approximate surface area is 267 Å². The highest BCUT2D eigenvalue weighted by Gasteiger charge is 2.69. The molecule has 7 rings (SSSR count). The molecule has 0 aromatic carbocycles. The lowest BCUT2D eigenvalue weighted by molar-refractivity contribution is -0.208. The topological polar surface area (TPSA) is 63.6 Å². The smallest absolute Gasteiger partial charge is 0.309 e. The molecule has 7 aliphatic carbocycles. The maximum absolute atomic E-state index is 13.1. The number of hydrogen-bond donors (Lipinski definition) is 1. The summed E-state index contributed by atoms with van der Waals surface area (Å²) < 4.78 is 6.13. The van der Waals surface area contributed by atoms with E-state index in [-0.39, 0.29) is 16.7 Å². The minimum atomic E-state index is -0.644. The van der Waals surface area contributed by atoms with Crippen molar-refractivity contribution in [2.24, 2.45) is 75.4 Å². The number of hydrogen-bond acceptors (Lipinski definition) is 3. The van der Waals surface area contributed by atoms with E-state index >= 15 is 0 Å². The van der Waals surface area contributed by atoms with Gasteiger partial charge in [0.25, 0.3) is 6.47 Å². The number of carboxylic acid groups (broad SMARTS) is 1. The van der Waals surface area contributed by atoms with Crippen LogP contribution in [-0.4, -0.2) is 23.1 Å². The van der Waals surface area contributed by atoms with Gasteiger partial charge in [0.15, 0.2) is 0 Å². The molecule has 0 saturated heterocycles. The second-order valence-electron chi connectivity index (χ2n) is 18.4. The molecular formula is C40H60O4. The van der Waals surface area contributed by atoms with Crippen molar-refractivity contribution in [1.82, 2.24) is 0 Å². The highest BCUT2D eigenvalue weighted by atomic mass is 16.5. The van der Waals surface area contributed by atoms with Crippen LogP contribution in [0.1, 0.15) is 132 Å². The minimum absolute atomic E-state index is 0.0724. The van der Waals surface area contributed by atoms with Crippen molar-refractivity contribution in [3.63, 3.8) is 0 Å². The molecule has 0 aliphatic heterocycles. The molecule has 4 heteroatoms. The highest BCUT2D eigenvalue weighted by molar-refractivity contribution is 5.75. The van der Waals surface area contributed by atoms with Crippen molar-refractivity contribution >= 4 is 12.4 Å². The van der Waals surface area contributed by atoms with Gasteiger partial charge in [-0.3, -0.25) is 9.59 Å². The monoisotopic (exact) mass is 604 g/mol. The van der Waals surface area contributed by atoms with Crippen LogP contribution in [0.2, 0.25) is 0 Å². The first-order valence-electron chi connectivity index (χ1n) is 18.5. The summed E-state index contributed by atoms with van der Waals surface area (Å²) in [6.45, 7) is 20.0. The molecular weight excluding hydrogens is 544 g/mol. The molecule has 5 fully saturated rings. The molecule has 0 spiro atoms. The standard InChI is InChI=1S/C40H60O4/c1-22(2)24-11-13-28-32-26(19-30-37(28,5)15-9-17-39(30,7)36(42)43)27-20-31-38(6,16-10-18-40(31,8)44-21-41)29-14-12-25(23(3)4)35(33(27)29)34(24)32/h21-23,26-33H,9-20H2,1-8H3,(H,42,43). The lowest BCUT2D eigenvalue weighted by Gasteiger charge is -2.70. The van der Waals surface area contributed by atoms with Crippen LogP contribution in [0.25, 0.3) is 0 Å². The predicted octanol–water partition coefficient (Wildman–Crippen LogP) is 9.63. The summed E-state index contributed by atoms with van der Waals surface area (Å²) in [5, 5.41) is 10.8. The van der Waals surface area contributed by atoms with Gasteiger partial charge in [0.1, 0.15) is 5.60 Å². The fourth-order valence-corrected chi connectivity index (χ4v) is 14.4. The third-order valence-electron chi connectivity index (χ3n) is 16.2. The van der Waals surface area contributed by atoms with Crippen molar-refractivity contribution in [3.8, 4) is 0 Å². The Morgan fingerprint density at radius 3 is 1.73 bits per heavy atom. The normalized spacial score (nSPS) is 49.6. The second-order valence-corrected chi connectivity index (χ2v) is 18.4. The molecule has 7 aliphatic rings. The molecule has 0 bridgehead atoms. The van der Waals surface area contributed by atoms with Gasteiger partial charge < -0.3 is 9.84 Å². The first kappa shape index (κ1) is 31.0. The number of allylic oxidation sites excluding steroid dienone is 4. The van der Waals surface area contributed by atoms with Crippen molar-refractivity contribution in [2.75, 3.05) is 0 Å². The van der Waals surface area contributed by atoms with E-state index in [1.807, 2.05) is 0 Å². The third-order valence-corrected chi connectivity index (χ3v) is 16.2. The number of aliphatic carboxylic acids is 1. The minimum Gasteiger partial charge on any atom is -0.481 e. The number of rotatable bonds is 5. The zero-order valence-electron chi connectivity index (χ0n) is 29.0. The lowest BCUT2D eigenvalue weighted by atomic mass is 9.34. The number of carbonyl (C=O) groups excluding carboxylic acids is 1. The van der Waals surface area contributed by atoms with Crippen LogP contribution < -0.4 is 0 Å². The highest BCUT2D eigenvalue weighted by Crippen LogP contribution is 2.75. The fraction of sp³-hybridized carbons (Fsp3) is 0.850. The quantitative estimate of drug-likeness (QED) is 0.317. The molecule has 0 heterocycles. The summed E-state index contributed by atoms with van der Waals surface area (Å²) in [5.74, 6) is 4.48. The van der Waals surface area contributed by atoms with Gasteiger partial charge in [-0.15, -0.1) is 0 Å². The number of fused-ring (bicyclic) bond motifs is 6. The van der Waals surface area contributed by atoms with Crippen molar-refractivity contribution in [3.05, 3.63) is 22.3 Å². The van der Waals surface area contributed by atoms with Crippen molar-refractivity contribution < 1.29 is 19.4 Å². The summed E-state index contributed by atoms with van der Waals surface area (Å²) in [7, 11) is 0. The van der Waals surface area contributed by atoms with Gasteiger partial charge in [-0.05, 0) is 160 Å². The summed E-state index contributed by atoms with van der Waals surface area (Å²) in [6, 6.07) is 0. The van der Waals surface area contributed by atoms with Gasteiger partial charge in [0.05, 0.1) is 5.41 Å². The predicted molar refractivity (Wildman–Crippen MR) is 175 cm³/mol. The van der Waals surface area contributed by atoms with E-state index < -0.39 is 17.0 Å². The Morgan fingerprint density at radius 1 is 0.773 bits per heavy atom. The maximum atomic E-state index is 13.1. The molecule has 44 heavy (non-hydrogen) atoms. The molecule has 0 amide bonds.